The summed E-state index contributed by atoms with van der Waals surface area (Å²) in [4.78, 5) is 0. The summed E-state index contributed by atoms with van der Waals surface area (Å²) in [6.45, 7) is 2.24. The molecule has 0 unspecified atom stereocenters. The fourth-order valence-electron chi connectivity index (χ4n) is 2.06. The highest BCUT2D eigenvalue weighted by Gasteiger charge is 2.25. The van der Waals surface area contributed by atoms with Crippen LogP contribution in [0.25, 0.3) is 0 Å². The normalized spacial score (nSPS) is 10.7. The van der Waals surface area contributed by atoms with Gasteiger partial charge in [0.1, 0.15) is 0 Å². The molecule has 2 heterocycles. The number of nitrogens with zero attached hydrogens (tertiary/aromatic N) is 2. The largest absolute Gasteiger partial charge is 0.352 e. The summed E-state index contributed by atoms with van der Waals surface area (Å²) in [6, 6.07) is 12.5. The van der Waals surface area contributed by atoms with Gasteiger partial charge in [-0.05, 0) is 6.42 Å². The van der Waals surface area contributed by atoms with Gasteiger partial charge in [0, 0.05) is 24.3 Å². The molecule has 2 aromatic heterocycles. The molecule has 0 saturated heterocycles. The van der Waals surface area contributed by atoms with E-state index < -0.39 is 0 Å². The Balaban J connectivity index is 2.26. The third kappa shape index (κ3) is 3.13. The van der Waals surface area contributed by atoms with E-state index in [0.29, 0.717) is 6.17 Å². The molecule has 0 saturated carbocycles. The van der Waals surface area contributed by atoms with Gasteiger partial charge < -0.3 is 0 Å². The molecule has 0 spiro atoms. The molecule has 2 rings (SSSR count). The second-order valence-electron chi connectivity index (χ2n) is 4.27. The second-order valence-corrected chi connectivity index (χ2v) is 4.27. The van der Waals surface area contributed by atoms with E-state index in [-0.39, 0.29) is 0 Å². The number of unbranched alkanes of at least 4 members (excludes halogenated alkanes) is 1. The van der Waals surface area contributed by atoms with Gasteiger partial charge in [0.15, 0.2) is 24.8 Å². The van der Waals surface area contributed by atoms with Crippen molar-refractivity contribution >= 4 is 0 Å². The molecule has 0 fully saturated rings. The van der Waals surface area contributed by atoms with E-state index in [1.54, 1.807) is 0 Å². The zero-order chi connectivity index (χ0) is 11.9. The van der Waals surface area contributed by atoms with E-state index in [1.165, 1.54) is 19.3 Å². The van der Waals surface area contributed by atoms with Crippen LogP contribution in [0.1, 0.15) is 32.4 Å². The van der Waals surface area contributed by atoms with Gasteiger partial charge in [-0.3, -0.25) is 0 Å². The number of pyridine rings is 2. The topological polar surface area (TPSA) is 7.76 Å². The smallest absolute Gasteiger partial charge is 0.144 e. The van der Waals surface area contributed by atoms with Gasteiger partial charge in [0.2, 0.25) is 0 Å². The molecule has 0 aliphatic carbocycles. The minimum absolute atomic E-state index is 0.386. The first-order valence-electron chi connectivity index (χ1n) is 6.33. The van der Waals surface area contributed by atoms with Crippen LogP contribution in [0.3, 0.4) is 0 Å². The van der Waals surface area contributed by atoms with Gasteiger partial charge in [0.25, 0.3) is 0 Å². The summed E-state index contributed by atoms with van der Waals surface area (Å²) in [5.74, 6) is 0. The SMILES string of the molecule is CCCCC([n+]1ccccc1)[n+]1ccccc1. The van der Waals surface area contributed by atoms with Gasteiger partial charge >= 0.3 is 6.17 Å². The van der Waals surface area contributed by atoms with Crippen LogP contribution in [-0.2, 0) is 0 Å². The van der Waals surface area contributed by atoms with Crippen molar-refractivity contribution in [2.45, 2.75) is 32.4 Å². The molecular weight excluding hydrogens is 208 g/mol. The van der Waals surface area contributed by atoms with E-state index in [4.69, 9.17) is 0 Å². The average molecular weight is 228 g/mol. The standard InChI is InChI=1S/C15H20N2/c1-2-3-10-15(16-11-6-4-7-12-16)17-13-8-5-9-14-17/h4-9,11-15H,2-3,10H2,1H3/q+2. The average Bonchev–Trinajstić information content (AvgIpc) is 2.42. The lowest BCUT2D eigenvalue weighted by Crippen LogP contribution is -2.56. The van der Waals surface area contributed by atoms with Gasteiger partial charge in [-0.1, -0.05) is 25.5 Å². The Morgan fingerprint density at radius 1 is 0.765 bits per heavy atom. The molecule has 88 valence electrons. The molecule has 17 heavy (non-hydrogen) atoms. The Morgan fingerprint density at radius 3 is 1.65 bits per heavy atom. The molecule has 2 aromatic rings. The molecule has 0 aliphatic heterocycles. The molecule has 0 amide bonds. The van der Waals surface area contributed by atoms with E-state index in [0.717, 1.165) is 0 Å². The molecule has 2 nitrogen and oxygen atoms in total. The van der Waals surface area contributed by atoms with Crippen molar-refractivity contribution in [2.24, 2.45) is 0 Å². The molecule has 0 N–H and O–H groups in total. The maximum atomic E-state index is 2.27. The Bertz CT molecular complexity index is 386. The zero-order valence-electron chi connectivity index (χ0n) is 10.4. The third-order valence-corrected chi connectivity index (χ3v) is 2.98. The first kappa shape index (κ1) is 11.8. The van der Waals surface area contributed by atoms with Gasteiger partial charge in [-0.25, -0.2) is 0 Å². The fraction of sp³-hybridized carbons (Fsp3) is 0.333. The summed E-state index contributed by atoms with van der Waals surface area (Å²) in [5.41, 5.74) is 0. The minimum Gasteiger partial charge on any atom is -0.144 e. The quantitative estimate of drug-likeness (QED) is 0.695. The lowest BCUT2D eigenvalue weighted by molar-refractivity contribution is -0.945. The Morgan fingerprint density at radius 2 is 1.24 bits per heavy atom. The van der Waals surface area contributed by atoms with E-state index >= 15 is 0 Å². The second kappa shape index (κ2) is 6.14. The first-order chi connectivity index (χ1) is 8.42. The van der Waals surface area contributed by atoms with E-state index in [1.807, 2.05) is 0 Å². The predicted octanol–water partition coefficient (Wildman–Crippen LogP) is 2.50. The van der Waals surface area contributed by atoms with Gasteiger partial charge in [0.05, 0.1) is 6.42 Å². The highest BCUT2D eigenvalue weighted by Crippen LogP contribution is 2.04. The van der Waals surface area contributed by atoms with Gasteiger partial charge in [-0.2, -0.15) is 0 Å². The Kier molecular flexibility index (Phi) is 4.25. The van der Waals surface area contributed by atoms with Crippen LogP contribution in [0.15, 0.2) is 61.2 Å². The summed E-state index contributed by atoms with van der Waals surface area (Å²) in [7, 11) is 0. The number of rotatable bonds is 5. The van der Waals surface area contributed by atoms with Crippen molar-refractivity contribution in [3.05, 3.63) is 61.2 Å². The monoisotopic (exact) mass is 228 g/mol. The third-order valence-electron chi connectivity index (χ3n) is 2.98. The van der Waals surface area contributed by atoms with Crippen LogP contribution in [0.5, 0.6) is 0 Å². The summed E-state index contributed by atoms with van der Waals surface area (Å²) in [5, 5.41) is 0. The van der Waals surface area contributed by atoms with Crippen LogP contribution in [0.4, 0.5) is 0 Å². The minimum atomic E-state index is 0.386. The Labute approximate surface area is 103 Å². The van der Waals surface area contributed by atoms with Crippen LogP contribution in [0.2, 0.25) is 0 Å². The molecular formula is C15H20N2+2. The number of hydrogen-bond donors (Lipinski definition) is 0. The highest BCUT2D eigenvalue weighted by molar-refractivity contribution is 4.85. The maximum absolute atomic E-state index is 2.27. The summed E-state index contributed by atoms with van der Waals surface area (Å²) < 4.78 is 4.55. The molecule has 0 radical (unpaired) electrons. The van der Waals surface area contributed by atoms with Crippen molar-refractivity contribution in [1.29, 1.82) is 0 Å². The lowest BCUT2D eigenvalue weighted by Gasteiger charge is -2.07. The van der Waals surface area contributed by atoms with Crippen molar-refractivity contribution in [2.75, 3.05) is 0 Å². The highest BCUT2D eigenvalue weighted by atomic mass is 15.2. The van der Waals surface area contributed by atoms with Crippen LogP contribution >= 0.6 is 0 Å². The van der Waals surface area contributed by atoms with E-state index in [2.05, 4.69) is 77.2 Å². The Hall–Kier alpha value is -1.70. The summed E-state index contributed by atoms with van der Waals surface area (Å²) in [6.07, 6.45) is 12.6. The van der Waals surface area contributed by atoms with Crippen LogP contribution < -0.4 is 9.13 Å². The molecule has 0 aromatic carbocycles. The van der Waals surface area contributed by atoms with E-state index in [9.17, 15) is 0 Å². The zero-order valence-corrected chi connectivity index (χ0v) is 10.4. The van der Waals surface area contributed by atoms with Crippen molar-refractivity contribution in [3.8, 4) is 0 Å². The number of hydrogen-bond acceptors (Lipinski definition) is 0. The fourth-order valence-corrected chi connectivity index (χ4v) is 2.06. The van der Waals surface area contributed by atoms with Crippen LogP contribution in [-0.4, -0.2) is 0 Å². The molecule has 2 heteroatoms. The number of aromatic nitrogens is 2. The summed E-state index contributed by atoms with van der Waals surface area (Å²) >= 11 is 0. The molecule has 0 bridgehead atoms. The van der Waals surface area contributed by atoms with Crippen molar-refractivity contribution in [3.63, 3.8) is 0 Å². The molecule has 0 aliphatic rings. The predicted molar refractivity (Wildman–Crippen MR) is 67.2 cm³/mol. The van der Waals surface area contributed by atoms with Crippen LogP contribution in [0, 0.1) is 0 Å². The maximum Gasteiger partial charge on any atom is 0.352 e. The van der Waals surface area contributed by atoms with Crippen molar-refractivity contribution < 1.29 is 9.13 Å². The molecule has 0 atom stereocenters. The van der Waals surface area contributed by atoms with Crippen molar-refractivity contribution in [1.82, 2.24) is 0 Å². The first-order valence-corrected chi connectivity index (χ1v) is 6.33. The van der Waals surface area contributed by atoms with Gasteiger partial charge in [-0.15, -0.1) is 9.13 Å². The lowest BCUT2D eigenvalue weighted by atomic mass is 10.2.